The van der Waals surface area contributed by atoms with E-state index in [1.165, 1.54) is 0 Å². The number of hydrogen-bond acceptors (Lipinski definition) is 7. The molecule has 2 aliphatic heterocycles. The molecule has 2 heterocycles. The molecule has 10 heteroatoms. The van der Waals surface area contributed by atoms with Gasteiger partial charge in [-0.05, 0) is 37.1 Å². The Morgan fingerprint density at radius 2 is 2.00 bits per heavy atom. The van der Waals surface area contributed by atoms with Crippen molar-refractivity contribution >= 4 is 23.3 Å². The van der Waals surface area contributed by atoms with Gasteiger partial charge in [0.2, 0.25) is 0 Å². The molecule has 1 aromatic carbocycles. The molecule has 0 radical (unpaired) electrons. The number of carbonyl (C=O) groups excluding carboxylic acids is 1. The third kappa shape index (κ3) is 3.67. The van der Waals surface area contributed by atoms with E-state index in [-0.39, 0.29) is 31.0 Å². The topological polar surface area (TPSA) is 147 Å². The molecule has 0 spiro atoms. The number of carboxylic acids is 1. The molecule has 3 rings (SSSR count). The van der Waals surface area contributed by atoms with Gasteiger partial charge in [0, 0.05) is 19.5 Å². The van der Waals surface area contributed by atoms with Crippen molar-refractivity contribution in [2.45, 2.75) is 32.9 Å². The molecule has 10 nitrogen and oxygen atoms in total. The number of nitrogens with zero attached hydrogens (tertiary/aromatic N) is 3. The molecule has 0 fully saturated rings. The minimum Gasteiger partial charge on any atom is -0.480 e. The first-order valence-electron chi connectivity index (χ1n) is 8.63. The van der Waals surface area contributed by atoms with Gasteiger partial charge in [-0.1, -0.05) is 0 Å². The third-order valence-electron chi connectivity index (χ3n) is 4.58. The number of fused-ring (bicyclic) bond motifs is 2. The first-order chi connectivity index (χ1) is 13.3. The van der Waals surface area contributed by atoms with Gasteiger partial charge in [-0.25, -0.2) is 9.78 Å². The summed E-state index contributed by atoms with van der Waals surface area (Å²) in [6.45, 7) is 4.25. The number of aromatic amines is 1. The second-order valence-corrected chi connectivity index (χ2v) is 6.48. The molecule has 28 heavy (non-hydrogen) atoms. The SMILES string of the molecule is Cc1cc2nc3c(=O)[nH]c(=O)nc-3n(CCNC(CC=O)C(=O)O)c2cc1C. The maximum absolute atomic E-state index is 12.2. The van der Waals surface area contributed by atoms with Gasteiger partial charge in [-0.3, -0.25) is 14.6 Å². The molecule has 0 saturated heterocycles. The second kappa shape index (κ2) is 7.69. The fourth-order valence-corrected chi connectivity index (χ4v) is 2.99. The van der Waals surface area contributed by atoms with Crippen molar-refractivity contribution in [3.8, 4) is 11.5 Å². The Bertz CT molecular complexity index is 1150. The molecule has 1 atom stereocenters. The van der Waals surface area contributed by atoms with Crippen LogP contribution in [0.3, 0.4) is 0 Å². The molecule has 0 amide bonds. The maximum atomic E-state index is 12.2. The summed E-state index contributed by atoms with van der Waals surface area (Å²) >= 11 is 0. The zero-order chi connectivity index (χ0) is 20.4. The quantitative estimate of drug-likeness (QED) is 0.375. The summed E-state index contributed by atoms with van der Waals surface area (Å²) in [5, 5.41) is 11.9. The van der Waals surface area contributed by atoms with Crippen LogP contribution in [0.25, 0.3) is 22.6 Å². The van der Waals surface area contributed by atoms with E-state index in [1.807, 2.05) is 26.0 Å². The van der Waals surface area contributed by atoms with E-state index in [0.717, 1.165) is 11.1 Å². The molecule has 1 unspecified atom stereocenters. The molecule has 0 bridgehead atoms. The molecule has 0 aliphatic carbocycles. The number of aromatic nitrogens is 4. The number of H-pyrrole nitrogens is 1. The summed E-state index contributed by atoms with van der Waals surface area (Å²) in [5.74, 6) is -1.02. The highest BCUT2D eigenvalue weighted by Crippen LogP contribution is 2.23. The first kappa shape index (κ1) is 19.4. The second-order valence-electron chi connectivity index (χ2n) is 6.48. The van der Waals surface area contributed by atoms with E-state index in [9.17, 15) is 19.2 Å². The molecular weight excluding hydrogens is 366 g/mol. The smallest absolute Gasteiger partial charge is 0.349 e. The van der Waals surface area contributed by atoms with Crippen LogP contribution >= 0.6 is 0 Å². The van der Waals surface area contributed by atoms with Gasteiger partial charge in [0.05, 0.1) is 11.0 Å². The van der Waals surface area contributed by atoms with Crippen molar-refractivity contribution in [2.75, 3.05) is 6.54 Å². The lowest BCUT2D eigenvalue weighted by molar-refractivity contribution is -0.140. The Hall–Kier alpha value is -3.40. The number of carboxylic acid groups (broad SMARTS) is 1. The molecule has 1 aromatic rings. The van der Waals surface area contributed by atoms with Crippen molar-refractivity contribution in [1.82, 2.24) is 24.8 Å². The van der Waals surface area contributed by atoms with Gasteiger partial charge in [0.25, 0.3) is 5.56 Å². The Balaban J connectivity index is 2.10. The number of aliphatic carboxylic acids is 1. The van der Waals surface area contributed by atoms with Crippen LogP contribution in [0, 0.1) is 13.8 Å². The number of benzene rings is 1. The molecule has 3 N–H and O–H groups in total. The van der Waals surface area contributed by atoms with Crippen molar-refractivity contribution in [2.24, 2.45) is 0 Å². The number of hydrogen-bond donors (Lipinski definition) is 3. The summed E-state index contributed by atoms with van der Waals surface area (Å²) < 4.78 is 1.66. The van der Waals surface area contributed by atoms with E-state index in [1.54, 1.807) is 4.57 Å². The van der Waals surface area contributed by atoms with Crippen LogP contribution in [0.2, 0.25) is 0 Å². The summed E-state index contributed by atoms with van der Waals surface area (Å²) in [6, 6.07) is 2.70. The van der Waals surface area contributed by atoms with Crippen LogP contribution in [-0.2, 0) is 16.1 Å². The largest absolute Gasteiger partial charge is 0.480 e. The van der Waals surface area contributed by atoms with E-state index in [2.05, 4.69) is 20.3 Å². The van der Waals surface area contributed by atoms with Gasteiger partial charge in [0.1, 0.15) is 12.3 Å². The number of rotatable bonds is 7. The average molecular weight is 385 g/mol. The normalized spacial score (nSPS) is 12.4. The summed E-state index contributed by atoms with van der Waals surface area (Å²) in [5.41, 5.74) is 1.81. The van der Waals surface area contributed by atoms with Gasteiger partial charge in [0.15, 0.2) is 11.5 Å². The highest BCUT2D eigenvalue weighted by atomic mass is 16.4. The molecular formula is C18H19N5O5. The highest BCUT2D eigenvalue weighted by molar-refractivity contribution is 5.81. The number of aryl methyl sites for hydroxylation is 2. The predicted molar refractivity (Wildman–Crippen MR) is 101 cm³/mol. The Morgan fingerprint density at radius 3 is 2.68 bits per heavy atom. The van der Waals surface area contributed by atoms with Gasteiger partial charge < -0.3 is 19.8 Å². The summed E-state index contributed by atoms with van der Waals surface area (Å²) in [7, 11) is 0. The molecule has 0 saturated carbocycles. The maximum Gasteiger partial charge on any atom is 0.349 e. The fraction of sp³-hybridized carbons (Fsp3) is 0.333. The van der Waals surface area contributed by atoms with Crippen molar-refractivity contribution in [3.63, 3.8) is 0 Å². The van der Waals surface area contributed by atoms with E-state index in [0.29, 0.717) is 17.3 Å². The zero-order valence-corrected chi connectivity index (χ0v) is 15.4. The molecule has 146 valence electrons. The monoisotopic (exact) mass is 385 g/mol. The average Bonchev–Trinajstić information content (AvgIpc) is 2.62. The number of carbonyl (C=O) groups is 2. The van der Waals surface area contributed by atoms with E-state index >= 15 is 0 Å². The van der Waals surface area contributed by atoms with Crippen LogP contribution in [0.15, 0.2) is 21.7 Å². The lowest BCUT2D eigenvalue weighted by atomic mass is 10.1. The standard InChI is InChI=1S/C18H19N5O5/c1-9-7-12-13(8-10(9)2)23(5-4-19-11(3-6-24)17(26)27)15-14(20-12)16(25)22-18(28)21-15/h6-8,11,19H,3-5H2,1-2H3,(H,26,27)(H,22,25,28). The Kier molecular flexibility index (Phi) is 5.32. The van der Waals surface area contributed by atoms with E-state index in [4.69, 9.17) is 5.11 Å². The van der Waals surface area contributed by atoms with Gasteiger partial charge in [-0.2, -0.15) is 4.98 Å². The number of nitrogens with one attached hydrogen (secondary N) is 2. The third-order valence-corrected chi connectivity index (χ3v) is 4.58. The highest BCUT2D eigenvalue weighted by Gasteiger charge is 2.20. The van der Waals surface area contributed by atoms with Crippen molar-refractivity contribution in [3.05, 3.63) is 44.1 Å². The lowest BCUT2D eigenvalue weighted by Crippen LogP contribution is -2.39. The predicted octanol–water partition coefficient (Wildman–Crippen LogP) is -0.167. The Morgan fingerprint density at radius 1 is 1.29 bits per heavy atom. The van der Waals surface area contributed by atoms with Crippen LogP contribution in [0.4, 0.5) is 0 Å². The van der Waals surface area contributed by atoms with Gasteiger partial charge in [-0.15, -0.1) is 0 Å². The van der Waals surface area contributed by atoms with Gasteiger partial charge >= 0.3 is 11.7 Å². The van der Waals surface area contributed by atoms with E-state index < -0.39 is 23.3 Å². The lowest BCUT2D eigenvalue weighted by Gasteiger charge is -2.19. The van der Waals surface area contributed by atoms with Crippen LogP contribution < -0.4 is 16.6 Å². The summed E-state index contributed by atoms with van der Waals surface area (Å²) in [4.78, 5) is 56.1. The molecule has 2 aliphatic rings. The van der Waals surface area contributed by atoms with Crippen molar-refractivity contribution in [1.29, 1.82) is 0 Å². The van der Waals surface area contributed by atoms with Crippen LogP contribution in [0.1, 0.15) is 17.5 Å². The van der Waals surface area contributed by atoms with Crippen molar-refractivity contribution < 1.29 is 14.7 Å². The first-order valence-corrected chi connectivity index (χ1v) is 8.63. The molecule has 0 aromatic heterocycles. The minimum atomic E-state index is -1.13. The fourth-order valence-electron chi connectivity index (χ4n) is 2.99. The minimum absolute atomic E-state index is 0.0260. The van der Waals surface area contributed by atoms with Crippen LogP contribution in [-0.4, -0.2) is 49.5 Å². The summed E-state index contributed by atoms with van der Waals surface area (Å²) in [6.07, 6.45) is 0.367. The Labute approximate surface area is 158 Å². The zero-order valence-electron chi connectivity index (χ0n) is 15.4. The van der Waals surface area contributed by atoms with Crippen LogP contribution in [0.5, 0.6) is 0 Å². The number of aldehydes is 1.